The number of rotatable bonds is 2. The highest BCUT2D eigenvalue weighted by atomic mass is 35.5. The molecule has 0 amide bonds. The van der Waals surface area contributed by atoms with Crippen LogP contribution < -0.4 is 0 Å². The van der Waals surface area contributed by atoms with Crippen molar-refractivity contribution in [2.75, 3.05) is 6.26 Å². The predicted molar refractivity (Wildman–Crippen MR) is 79.0 cm³/mol. The van der Waals surface area contributed by atoms with E-state index in [4.69, 9.17) is 16.0 Å². The van der Waals surface area contributed by atoms with E-state index in [2.05, 4.69) is 0 Å². The van der Waals surface area contributed by atoms with Gasteiger partial charge < -0.3 is 4.42 Å². The molecule has 3 aromatic rings. The number of furan rings is 1. The van der Waals surface area contributed by atoms with Gasteiger partial charge in [0.25, 0.3) is 0 Å². The van der Waals surface area contributed by atoms with Gasteiger partial charge in [-0.3, -0.25) is 4.21 Å². The summed E-state index contributed by atoms with van der Waals surface area (Å²) in [5.74, 6) is 0.162. The highest BCUT2D eigenvalue weighted by Crippen LogP contribution is 2.36. The van der Waals surface area contributed by atoms with Gasteiger partial charge >= 0.3 is 0 Å². The van der Waals surface area contributed by atoms with Gasteiger partial charge in [0, 0.05) is 22.2 Å². The van der Waals surface area contributed by atoms with E-state index in [9.17, 15) is 8.60 Å². The van der Waals surface area contributed by atoms with Gasteiger partial charge in [-0.05, 0) is 42.5 Å². The van der Waals surface area contributed by atoms with Crippen LogP contribution in [0.25, 0.3) is 22.3 Å². The fraction of sp³-hybridized carbons (Fsp3) is 0.0667. The molecule has 0 spiro atoms. The summed E-state index contributed by atoms with van der Waals surface area (Å²) < 4.78 is 30.8. The lowest BCUT2D eigenvalue weighted by Gasteiger charge is -2.00. The van der Waals surface area contributed by atoms with Gasteiger partial charge in [-0.15, -0.1) is 0 Å². The average Bonchev–Trinajstić information content (AvgIpc) is 2.78. The van der Waals surface area contributed by atoms with Crippen LogP contribution in [-0.2, 0) is 10.8 Å². The fourth-order valence-electron chi connectivity index (χ4n) is 2.12. The van der Waals surface area contributed by atoms with Crippen molar-refractivity contribution in [3.63, 3.8) is 0 Å². The van der Waals surface area contributed by atoms with Crippen molar-refractivity contribution in [3.8, 4) is 11.3 Å². The van der Waals surface area contributed by atoms with Crippen LogP contribution in [0.2, 0.25) is 5.02 Å². The monoisotopic (exact) mass is 308 g/mol. The zero-order valence-electron chi connectivity index (χ0n) is 10.5. The Bertz CT molecular complexity index is 809. The van der Waals surface area contributed by atoms with Crippen LogP contribution in [0.15, 0.2) is 51.8 Å². The smallest absolute Gasteiger partial charge is 0.151 e. The highest BCUT2D eigenvalue weighted by molar-refractivity contribution is 7.84. The molecule has 0 fully saturated rings. The molecule has 1 unspecified atom stereocenters. The van der Waals surface area contributed by atoms with E-state index in [1.54, 1.807) is 36.6 Å². The summed E-state index contributed by atoms with van der Waals surface area (Å²) in [5, 5.41) is 1.27. The molecule has 102 valence electrons. The third-order valence-electron chi connectivity index (χ3n) is 3.00. The number of benzene rings is 2. The largest absolute Gasteiger partial charge is 0.455 e. The van der Waals surface area contributed by atoms with E-state index in [0.29, 0.717) is 26.8 Å². The Morgan fingerprint density at radius 1 is 1.15 bits per heavy atom. The molecule has 20 heavy (non-hydrogen) atoms. The molecular weight excluding hydrogens is 299 g/mol. The van der Waals surface area contributed by atoms with Crippen molar-refractivity contribution in [2.45, 2.75) is 4.90 Å². The topological polar surface area (TPSA) is 30.2 Å². The molecule has 0 saturated carbocycles. The summed E-state index contributed by atoms with van der Waals surface area (Å²) in [6, 6.07) is 11.1. The third-order valence-corrected chi connectivity index (χ3v) is 4.21. The van der Waals surface area contributed by atoms with E-state index in [-0.39, 0.29) is 5.82 Å². The first-order valence-electron chi connectivity index (χ1n) is 5.87. The van der Waals surface area contributed by atoms with Crippen LogP contribution in [0, 0.1) is 5.82 Å². The highest BCUT2D eigenvalue weighted by Gasteiger charge is 2.19. The number of halogens is 2. The van der Waals surface area contributed by atoms with E-state index in [0.717, 1.165) is 5.39 Å². The van der Waals surface area contributed by atoms with Crippen molar-refractivity contribution >= 4 is 33.4 Å². The lowest BCUT2D eigenvalue weighted by atomic mass is 10.1. The second-order valence-electron chi connectivity index (χ2n) is 4.36. The minimum Gasteiger partial charge on any atom is -0.455 e. The number of hydrogen-bond acceptors (Lipinski definition) is 2. The van der Waals surface area contributed by atoms with Crippen LogP contribution in [-0.4, -0.2) is 10.5 Å². The number of fused-ring (bicyclic) bond motifs is 1. The van der Waals surface area contributed by atoms with E-state index < -0.39 is 10.8 Å². The predicted octanol–water partition coefficient (Wildman–Crippen LogP) is 4.63. The molecule has 1 heterocycles. The van der Waals surface area contributed by atoms with Gasteiger partial charge in [-0.25, -0.2) is 4.39 Å². The van der Waals surface area contributed by atoms with Crippen LogP contribution >= 0.6 is 11.6 Å². The van der Waals surface area contributed by atoms with E-state index in [1.807, 2.05) is 0 Å². The molecule has 0 aliphatic carbocycles. The maximum Gasteiger partial charge on any atom is 0.151 e. The first-order valence-corrected chi connectivity index (χ1v) is 7.81. The molecule has 0 aliphatic rings. The Morgan fingerprint density at radius 3 is 2.50 bits per heavy atom. The average molecular weight is 309 g/mol. The molecular formula is C15H10ClFO2S. The molecule has 5 heteroatoms. The van der Waals surface area contributed by atoms with Crippen molar-refractivity contribution in [3.05, 3.63) is 53.3 Å². The summed E-state index contributed by atoms with van der Waals surface area (Å²) >= 11 is 5.98. The van der Waals surface area contributed by atoms with Crippen LogP contribution in [0.3, 0.4) is 0 Å². The zero-order valence-corrected chi connectivity index (χ0v) is 12.1. The van der Waals surface area contributed by atoms with Crippen LogP contribution in [0.5, 0.6) is 0 Å². The van der Waals surface area contributed by atoms with E-state index in [1.165, 1.54) is 12.1 Å². The Labute approximate surface area is 122 Å². The summed E-state index contributed by atoms with van der Waals surface area (Å²) in [7, 11) is -1.24. The van der Waals surface area contributed by atoms with Gasteiger partial charge in [0.15, 0.2) is 5.76 Å². The van der Waals surface area contributed by atoms with Crippen molar-refractivity contribution in [2.24, 2.45) is 0 Å². The second kappa shape index (κ2) is 5.04. The van der Waals surface area contributed by atoms with E-state index >= 15 is 0 Å². The molecule has 2 aromatic carbocycles. The van der Waals surface area contributed by atoms with Gasteiger partial charge in [0.1, 0.15) is 11.4 Å². The second-order valence-corrected chi connectivity index (χ2v) is 6.11. The quantitative estimate of drug-likeness (QED) is 0.691. The first-order chi connectivity index (χ1) is 9.56. The fourth-order valence-corrected chi connectivity index (χ4v) is 3.19. The molecule has 2 nitrogen and oxygen atoms in total. The lowest BCUT2D eigenvalue weighted by molar-refractivity contribution is 0.618. The van der Waals surface area contributed by atoms with Crippen LogP contribution in [0.1, 0.15) is 0 Å². The van der Waals surface area contributed by atoms with Crippen molar-refractivity contribution in [1.29, 1.82) is 0 Å². The molecule has 0 N–H and O–H groups in total. The summed E-state index contributed by atoms with van der Waals surface area (Å²) in [6.45, 7) is 0. The van der Waals surface area contributed by atoms with Gasteiger partial charge in [-0.1, -0.05) is 11.6 Å². The Kier molecular flexibility index (Phi) is 3.36. The molecule has 0 bridgehead atoms. The zero-order chi connectivity index (χ0) is 14.3. The minimum absolute atomic E-state index is 0.327. The molecule has 3 rings (SSSR count). The Hall–Kier alpha value is -1.65. The Balaban J connectivity index is 2.32. The molecule has 0 radical (unpaired) electrons. The lowest BCUT2D eigenvalue weighted by Crippen LogP contribution is -1.89. The molecule has 1 atom stereocenters. The van der Waals surface area contributed by atoms with Gasteiger partial charge in [0.2, 0.25) is 0 Å². The van der Waals surface area contributed by atoms with Crippen molar-refractivity contribution in [1.82, 2.24) is 0 Å². The van der Waals surface area contributed by atoms with Gasteiger partial charge in [0.05, 0.1) is 15.7 Å². The number of hydrogen-bond donors (Lipinski definition) is 0. The minimum atomic E-state index is -1.24. The summed E-state index contributed by atoms with van der Waals surface area (Å²) in [4.78, 5) is 0.578. The third kappa shape index (κ3) is 2.25. The van der Waals surface area contributed by atoms with Crippen molar-refractivity contribution < 1.29 is 13.0 Å². The summed E-state index contributed by atoms with van der Waals surface area (Å²) in [6.07, 6.45) is 1.58. The first kappa shape index (κ1) is 13.3. The maximum absolute atomic E-state index is 13.0. The van der Waals surface area contributed by atoms with Crippen LogP contribution in [0.4, 0.5) is 4.39 Å². The Morgan fingerprint density at radius 2 is 1.85 bits per heavy atom. The standard InChI is InChI=1S/C15H10ClFO2S/c1-20(18)15-12-8-10(16)4-7-13(12)19-14(15)9-2-5-11(17)6-3-9/h2-8H,1H3. The summed E-state index contributed by atoms with van der Waals surface area (Å²) in [5.41, 5.74) is 1.29. The molecule has 1 aromatic heterocycles. The maximum atomic E-state index is 13.0. The normalized spacial score (nSPS) is 12.8. The van der Waals surface area contributed by atoms with Gasteiger partial charge in [-0.2, -0.15) is 0 Å². The molecule has 0 saturated heterocycles. The SMILES string of the molecule is CS(=O)c1c(-c2ccc(F)cc2)oc2ccc(Cl)cc12. The molecule has 0 aliphatic heterocycles.